The van der Waals surface area contributed by atoms with Crippen molar-refractivity contribution in [2.45, 2.75) is 52.4 Å². The average molecular weight is 330 g/mol. The molecule has 0 radical (unpaired) electrons. The van der Waals surface area contributed by atoms with E-state index < -0.39 is 0 Å². The number of imidazole rings is 1. The van der Waals surface area contributed by atoms with Gasteiger partial charge in [-0.25, -0.2) is 4.98 Å². The zero-order valence-electron chi connectivity index (χ0n) is 15.0. The van der Waals surface area contributed by atoms with Crippen molar-refractivity contribution in [1.29, 1.82) is 0 Å². The number of piperidine rings is 1. The van der Waals surface area contributed by atoms with Gasteiger partial charge in [0.05, 0.1) is 11.4 Å². The first-order chi connectivity index (χ1) is 11.5. The molecule has 1 aliphatic rings. The first-order valence-corrected chi connectivity index (χ1v) is 8.65. The van der Waals surface area contributed by atoms with Gasteiger partial charge in [0.25, 0.3) is 0 Å². The van der Waals surface area contributed by atoms with Crippen LogP contribution < -0.4 is 0 Å². The second-order valence-corrected chi connectivity index (χ2v) is 6.83. The number of hydrogen-bond acceptors (Lipinski definition) is 4. The monoisotopic (exact) mass is 330 g/mol. The summed E-state index contributed by atoms with van der Waals surface area (Å²) in [7, 11) is 2.04. The van der Waals surface area contributed by atoms with Crippen LogP contribution in [0.4, 0.5) is 0 Å². The molecule has 0 saturated carbocycles. The Morgan fingerprint density at radius 1 is 1.38 bits per heavy atom. The number of rotatable bonds is 4. The molecular formula is C18H26N4O2. The van der Waals surface area contributed by atoms with E-state index in [2.05, 4.69) is 14.7 Å². The van der Waals surface area contributed by atoms with E-state index in [-0.39, 0.29) is 5.91 Å². The van der Waals surface area contributed by atoms with Gasteiger partial charge in [0.15, 0.2) is 0 Å². The smallest absolute Gasteiger partial charge is 0.222 e. The second kappa shape index (κ2) is 6.79. The highest BCUT2D eigenvalue weighted by atomic mass is 16.5. The molecule has 1 aliphatic heterocycles. The fourth-order valence-corrected chi connectivity index (χ4v) is 3.68. The van der Waals surface area contributed by atoms with Gasteiger partial charge in [-0.3, -0.25) is 4.79 Å². The van der Waals surface area contributed by atoms with E-state index in [1.807, 2.05) is 38.9 Å². The van der Waals surface area contributed by atoms with Crippen LogP contribution in [0.15, 0.2) is 10.7 Å². The molecule has 2 aromatic rings. The summed E-state index contributed by atoms with van der Waals surface area (Å²) in [6.07, 6.45) is 5.39. The fraction of sp³-hybridized carbons (Fsp3) is 0.611. The Morgan fingerprint density at radius 3 is 2.79 bits per heavy atom. The molecule has 1 atom stereocenters. The molecule has 3 heterocycles. The summed E-state index contributed by atoms with van der Waals surface area (Å²) >= 11 is 0. The van der Waals surface area contributed by atoms with E-state index in [1.165, 1.54) is 0 Å². The third-order valence-corrected chi connectivity index (χ3v) is 4.94. The summed E-state index contributed by atoms with van der Waals surface area (Å²) in [5, 5.41) is 3.96. The third-order valence-electron chi connectivity index (χ3n) is 4.94. The largest absolute Gasteiger partial charge is 0.361 e. The Labute approximate surface area is 142 Å². The van der Waals surface area contributed by atoms with Crippen molar-refractivity contribution in [3.05, 3.63) is 34.7 Å². The molecule has 3 rings (SSSR count). The van der Waals surface area contributed by atoms with Crippen LogP contribution in [0.5, 0.6) is 0 Å². The summed E-state index contributed by atoms with van der Waals surface area (Å²) in [6.45, 7) is 7.46. The predicted molar refractivity (Wildman–Crippen MR) is 90.8 cm³/mol. The van der Waals surface area contributed by atoms with Gasteiger partial charge in [0.1, 0.15) is 11.6 Å². The number of amides is 1. The summed E-state index contributed by atoms with van der Waals surface area (Å²) in [6, 6.07) is 0. The van der Waals surface area contributed by atoms with Crippen LogP contribution in [0.2, 0.25) is 0 Å². The van der Waals surface area contributed by atoms with Gasteiger partial charge in [-0.15, -0.1) is 0 Å². The van der Waals surface area contributed by atoms with E-state index in [0.29, 0.717) is 18.8 Å². The maximum Gasteiger partial charge on any atom is 0.222 e. The predicted octanol–water partition coefficient (Wildman–Crippen LogP) is 2.67. The number of nitrogens with zero attached hydrogens (tertiary/aromatic N) is 4. The average Bonchev–Trinajstić information content (AvgIpc) is 3.07. The Hall–Kier alpha value is -2.11. The number of aromatic nitrogens is 3. The number of carbonyl (C=O) groups excluding carboxylic acids is 1. The van der Waals surface area contributed by atoms with Gasteiger partial charge in [0, 0.05) is 44.2 Å². The number of hydrogen-bond donors (Lipinski definition) is 0. The van der Waals surface area contributed by atoms with Crippen LogP contribution in [0.25, 0.3) is 0 Å². The standard InChI is InChI=1S/C18H26N4O2/c1-12-10-21(4)18(19-12)15-6-5-9-22(11-15)17(23)8-7-16-13(2)20-24-14(16)3/h10,15H,5-9,11H2,1-4H3/t15-/m0/s1. The lowest BCUT2D eigenvalue weighted by molar-refractivity contribution is -0.132. The third kappa shape index (κ3) is 3.37. The molecule has 1 saturated heterocycles. The summed E-state index contributed by atoms with van der Waals surface area (Å²) in [5.74, 6) is 2.46. The molecule has 1 fully saturated rings. The molecule has 0 aromatic carbocycles. The highest BCUT2D eigenvalue weighted by molar-refractivity contribution is 5.76. The molecule has 130 valence electrons. The summed E-state index contributed by atoms with van der Waals surface area (Å²) in [5.41, 5.74) is 2.99. The van der Waals surface area contributed by atoms with Crippen LogP contribution in [0.3, 0.4) is 0 Å². The molecule has 2 aromatic heterocycles. The molecule has 24 heavy (non-hydrogen) atoms. The van der Waals surface area contributed by atoms with Gasteiger partial charge in [-0.05, 0) is 40.0 Å². The number of carbonyl (C=O) groups is 1. The Bertz CT molecular complexity index is 712. The lowest BCUT2D eigenvalue weighted by atomic mass is 9.96. The zero-order chi connectivity index (χ0) is 17.3. The molecule has 6 heteroatoms. The molecular weight excluding hydrogens is 304 g/mol. The van der Waals surface area contributed by atoms with Gasteiger partial charge in [-0.1, -0.05) is 5.16 Å². The molecule has 0 N–H and O–H groups in total. The number of aryl methyl sites for hydroxylation is 4. The van der Waals surface area contributed by atoms with E-state index in [4.69, 9.17) is 4.52 Å². The van der Waals surface area contributed by atoms with Crippen LogP contribution in [-0.4, -0.2) is 38.6 Å². The lowest BCUT2D eigenvalue weighted by Crippen LogP contribution is -2.39. The van der Waals surface area contributed by atoms with Crippen molar-refractivity contribution in [2.24, 2.45) is 7.05 Å². The van der Waals surface area contributed by atoms with Gasteiger partial charge in [-0.2, -0.15) is 0 Å². The van der Waals surface area contributed by atoms with Crippen molar-refractivity contribution < 1.29 is 9.32 Å². The topological polar surface area (TPSA) is 64.2 Å². The molecule has 1 amide bonds. The molecule has 0 spiro atoms. The number of likely N-dealkylation sites (tertiary alicyclic amines) is 1. The molecule has 6 nitrogen and oxygen atoms in total. The van der Waals surface area contributed by atoms with E-state index in [9.17, 15) is 4.79 Å². The van der Waals surface area contributed by atoms with Gasteiger partial charge in [0.2, 0.25) is 5.91 Å². The van der Waals surface area contributed by atoms with E-state index in [0.717, 1.165) is 54.5 Å². The Kier molecular flexibility index (Phi) is 4.73. The molecule has 0 unspecified atom stereocenters. The Morgan fingerprint density at radius 2 is 2.17 bits per heavy atom. The first kappa shape index (κ1) is 16.7. The van der Waals surface area contributed by atoms with Crippen molar-refractivity contribution >= 4 is 5.91 Å². The van der Waals surface area contributed by atoms with Crippen LogP contribution in [-0.2, 0) is 18.3 Å². The minimum absolute atomic E-state index is 0.214. The van der Waals surface area contributed by atoms with Gasteiger partial charge >= 0.3 is 0 Å². The maximum absolute atomic E-state index is 12.6. The van der Waals surface area contributed by atoms with E-state index in [1.54, 1.807) is 0 Å². The van der Waals surface area contributed by atoms with Crippen molar-refractivity contribution in [3.8, 4) is 0 Å². The minimum atomic E-state index is 0.214. The maximum atomic E-state index is 12.6. The summed E-state index contributed by atoms with van der Waals surface area (Å²) in [4.78, 5) is 19.3. The van der Waals surface area contributed by atoms with Crippen LogP contribution >= 0.6 is 0 Å². The first-order valence-electron chi connectivity index (χ1n) is 8.65. The fourth-order valence-electron chi connectivity index (χ4n) is 3.68. The summed E-state index contributed by atoms with van der Waals surface area (Å²) < 4.78 is 7.27. The minimum Gasteiger partial charge on any atom is -0.361 e. The lowest BCUT2D eigenvalue weighted by Gasteiger charge is -2.32. The SMILES string of the molecule is Cc1cn(C)c([C@H]2CCCN(C(=O)CCc3c(C)noc3C)C2)n1. The quantitative estimate of drug-likeness (QED) is 0.864. The van der Waals surface area contributed by atoms with E-state index >= 15 is 0 Å². The molecule has 0 bridgehead atoms. The van der Waals surface area contributed by atoms with Crippen molar-refractivity contribution in [2.75, 3.05) is 13.1 Å². The zero-order valence-corrected chi connectivity index (χ0v) is 15.0. The highest BCUT2D eigenvalue weighted by Gasteiger charge is 2.27. The molecule has 0 aliphatic carbocycles. The van der Waals surface area contributed by atoms with Crippen molar-refractivity contribution in [3.63, 3.8) is 0 Å². The van der Waals surface area contributed by atoms with Gasteiger partial charge < -0.3 is 14.0 Å². The second-order valence-electron chi connectivity index (χ2n) is 6.83. The van der Waals surface area contributed by atoms with Crippen molar-refractivity contribution in [1.82, 2.24) is 19.6 Å². The highest BCUT2D eigenvalue weighted by Crippen LogP contribution is 2.26. The van der Waals surface area contributed by atoms with Crippen LogP contribution in [0.1, 0.15) is 53.7 Å². The Balaban J connectivity index is 1.62. The normalized spacial score (nSPS) is 18.2. The van der Waals surface area contributed by atoms with Crippen LogP contribution in [0, 0.1) is 20.8 Å².